The van der Waals surface area contributed by atoms with Crippen molar-refractivity contribution in [3.05, 3.63) is 46.5 Å². The van der Waals surface area contributed by atoms with Crippen molar-refractivity contribution in [1.29, 1.82) is 0 Å². The Morgan fingerprint density at radius 3 is 1.77 bits per heavy atom. The van der Waals surface area contributed by atoms with E-state index in [0.29, 0.717) is 5.69 Å². The van der Waals surface area contributed by atoms with Crippen LogP contribution in [0.5, 0.6) is 0 Å². The number of benzene rings is 1. The number of ether oxygens (including phenoxy) is 8. The Kier molecular flexibility index (Phi) is 14.8. The molecular formula is C34H42N2O16S. The lowest BCUT2D eigenvalue weighted by Gasteiger charge is -2.45. The van der Waals surface area contributed by atoms with E-state index in [-0.39, 0.29) is 10.5 Å². The summed E-state index contributed by atoms with van der Waals surface area (Å²) >= 11 is 5.91. The summed E-state index contributed by atoms with van der Waals surface area (Å²) in [7, 11) is 0. The number of hydrogen-bond acceptors (Lipinski definition) is 17. The van der Waals surface area contributed by atoms with Crippen LogP contribution in [0.1, 0.15) is 72.1 Å². The maximum atomic E-state index is 12.6. The average molecular weight is 767 g/mol. The van der Waals surface area contributed by atoms with Crippen LogP contribution in [-0.2, 0) is 71.5 Å². The number of aryl methyl sites for hydroxylation is 1. The molecule has 53 heavy (non-hydrogen) atoms. The predicted octanol–water partition coefficient (Wildman–Crippen LogP) is 2.03. The molecule has 0 radical (unpaired) electrons. The number of rotatable bonds is 14. The highest BCUT2D eigenvalue weighted by atomic mass is 32.1. The monoisotopic (exact) mass is 766 g/mol. The van der Waals surface area contributed by atoms with E-state index in [4.69, 9.17) is 50.1 Å². The molecule has 1 saturated heterocycles. The van der Waals surface area contributed by atoms with Gasteiger partial charge in [-0.15, -0.1) is 0 Å². The molecule has 0 bridgehead atoms. The van der Waals surface area contributed by atoms with Gasteiger partial charge in [0.25, 0.3) is 0 Å². The van der Waals surface area contributed by atoms with E-state index in [1.54, 1.807) is 24.3 Å². The number of carbonyl (C=O) groups is 7. The van der Waals surface area contributed by atoms with Crippen LogP contribution in [0.4, 0.5) is 0 Å². The molecule has 2 heterocycles. The molecule has 290 valence electrons. The second-order valence-electron chi connectivity index (χ2n) is 12.0. The third-order valence-electron chi connectivity index (χ3n) is 7.54. The molecule has 0 aliphatic carbocycles. The number of esters is 7. The molecule has 19 heteroatoms. The molecule has 0 amide bonds. The lowest BCUT2D eigenvalue weighted by molar-refractivity contribution is -0.269. The normalized spacial score (nSPS) is 21.2. The molecule has 8 atom stereocenters. The Morgan fingerprint density at radius 2 is 1.26 bits per heavy atom. The summed E-state index contributed by atoms with van der Waals surface area (Å²) < 4.78 is 46.6. The van der Waals surface area contributed by atoms with Crippen LogP contribution in [-0.4, -0.2) is 106 Å². The number of aliphatic hydroxyl groups is 1. The van der Waals surface area contributed by atoms with Crippen LogP contribution >= 0.6 is 12.2 Å². The lowest BCUT2D eigenvalue weighted by Crippen LogP contribution is -2.60. The third-order valence-corrected chi connectivity index (χ3v) is 7.93. The number of aromatic nitrogens is 2. The van der Waals surface area contributed by atoms with Crippen molar-refractivity contribution in [2.45, 2.75) is 104 Å². The molecule has 0 unspecified atom stereocenters. The van der Waals surface area contributed by atoms with Crippen molar-refractivity contribution in [3.63, 3.8) is 0 Å². The first kappa shape index (κ1) is 42.3. The van der Waals surface area contributed by atoms with Gasteiger partial charge in [-0.1, -0.05) is 17.7 Å². The summed E-state index contributed by atoms with van der Waals surface area (Å²) in [5, 5.41) is 12.1. The Labute approximate surface area is 309 Å². The topological polar surface area (TPSA) is 223 Å². The minimum Gasteiger partial charge on any atom is -0.463 e. The van der Waals surface area contributed by atoms with E-state index in [9.17, 15) is 38.7 Å². The van der Waals surface area contributed by atoms with Crippen molar-refractivity contribution in [1.82, 2.24) is 9.13 Å². The van der Waals surface area contributed by atoms with E-state index in [0.717, 1.165) is 54.0 Å². The number of carbonyl (C=O) groups excluding carboxylic acids is 7. The van der Waals surface area contributed by atoms with Gasteiger partial charge in [-0.25, -0.2) is 0 Å². The minimum atomic E-state index is -1.97. The Morgan fingerprint density at radius 1 is 0.736 bits per heavy atom. The van der Waals surface area contributed by atoms with Crippen molar-refractivity contribution in [2.24, 2.45) is 0 Å². The van der Waals surface area contributed by atoms with Gasteiger partial charge in [0.1, 0.15) is 25.4 Å². The maximum Gasteiger partial charge on any atom is 0.303 e. The smallest absolute Gasteiger partial charge is 0.303 e. The number of imidazole rings is 1. The summed E-state index contributed by atoms with van der Waals surface area (Å²) in [4.78, 5) is 85.6. The fraction of sp³-hybridized carbons (Fsp3) is 0.529. The SMILES string of the molecule is CC(=O)OC[C@H]1O[C@@H](n2c([C@@H](O)[C@H](OC(C)=O)[C@@H](COC(C)=O)OC(C)=O)cn(-c3ccc(C)cc3)c2=S)[C@H](OC(C)=O)[C@@H](OC(C)=O)[C@@H]1OC(C)=O. The molecule has 2 aromatic rings. The lowest BCUT2D eigenvalue weighted by atomic mass is 9.96. The van der Waals surface area contributed by atoms with Crippen molar-refractivity contribution < 1.29 is 76.6 Å². The van der Waals surface area contributed by atoms with Crippen molar-refractivity contribution >= 4 is 54.0 Å². The zero-order valence-corrected chi connectivity index (χ0v) is 31.1. The third kappa shape index (κ3) is 11.4. The fourth-order valence-corrected chi connectivity index (χ4v) is 5.93. The highest BCUT2D eigenvalue weighted by Crippen LogP contribution is 2.38. The number of hydrogen-bond donors (Lipinski definition) is 1. The van der Waals surface area contributed by atoms with E-state index >= 15 is 0 Å². The van der Waals surface area contributed by atoms with Crippen LogP contribution < -0.4 is 0 Å². The summed E-state index contributed by atoms with van der Waals surface area (Å²) in [6, 6.07) is 6.95. The minimum absolute atomic E-state index is 0.130. The van der Waals surface area contributed by atoms with Crippen LogP contribution in [0.3, 0.4) is 0 Å². The van der Waals surface area contributed by atoms with Crippen molar-refractivity contribution in [3.8, 4) is 5.69 Å². The molecule has 1 aromatic heterocycles. The Hall–Kier alpha value is -5.14. The molecule has 1 aliphatic heterocycles. The summed E-state index contributed by atoms with van der Waals surface area (Å²) in [5.41, 5.74) is 1.14. The summed E-state index contributed by atoms with van der Waals surface area (Å²) in [6.45, 7) is 8.08. The Bertz CT molecular complexity index is 1750. The van der Waals surface area contributed by atoms with Gasteiger partial charge in [0, 0.05) is 60.4 Å². The van der Waals surface area contributed by atoms with Gasteiger partial charge in [-0.2, -0.15) is 0 Å². The fourth-order valence-electron chi connectivity index (χ4n) is 5.57. The van der Waals surface area contributed by atoms with Crippen LogP contribution in [0.2, 0.25) is 0 Å². The van der Waals surface area contributed by atoms with Crippen LogP contribution in [0.15, 0.2) is 30.5 Å². The summed E-state index contributed by atoms with van der Waals surface area (Å²) in [5.74, 6) is -5.96. The van der Waals surface area contributed by atoms with Gasteiger partial charge < -0.3 is 43.0 Å². The van der Waals surface area contributed by atoms with Gasteiger partial charge in [0.15, 0.2) is 41.5 Å². The first-order chi connectivity index (χ1) is 24.8. The molecular weight excluding hydrogens is 724 g/mol. The molecule has 1 N–H and O–H groups in total. The van der Waals surface area contributed by atoms with Gasteiger partial charge >= 0.3 is 41.8 Å². The zero-order valence-electron chi connectivity index (χ0n) is 30.3. The van der Waals surface area contributed by atoms with Crippen molar-refractivity contribution in [2.75, 3.05) is 13.2 Å². The second-order valence-corrected chi connectivity index (χ2v) is 12.3. The zero-order chi connectivity index (χ0) is 39.7. The second kappa shape index (κ2) is 18.6. The maximum absolute atomic E-state index is 12.6. The standard InChI is InChI=1S/C34H42N2O16S/c1-16-9-11-24(12-10-16)35-13-25(28(44)29(48-20(5)40)26(47-19(4)39)14-45-17(2)37)36(34(35)53)33-32(51-23(8)43)31(50-22(7)42)30(49-21(6)41)27(52-33)15-46-18(3)38/h9-13,26-33,44H,14-15H2,1-8H3/t26-,27-,28-,29-,30-,31+,32-,33-/m1/s1. The number of nitrogens with zero attached hydrogens (tertiary/aromatic N) is 2. The Balaban J connectivity index is 2.41. The highest BCUT2D eigenvalue weighted by Gasteiger charge is 2.54. The molecule has 1 fully saturated rings. The van der Waals surface area contributed by atoms with Gasteiger partial charge in [-0.3, -0.25) is 42.7 Å². The average Bonchev–Trinajstić information content (AvgIpc) is 3.38. The highest BCUT2D eigenvalue weighted by molar-refractivity contribution is 7.71. The molecule has 1 aliphatic rings. The predicted molar refractivity (Wildman–Crippen MR) is 179 cm³/mol. The molecule has 18 nitrogen and oxygen atoms in total. The van der Waals surface area contributed by atoms with E-state index in [1.165, 1.54) is 15.3 Å². The van der Waals surface area contributed by atoms with E-state index in [1.807, 2.05) is 6.92 Å². The van der Waals surface area contributed by atoms with Gasteiger partial charge in [-0.05, 0) is 31.3 Å². The number of aliphatic hydroxyl groups excluding tert-OH is 1. The largest absolute Gasteiger partial charge is 0.463 e. The summed E-state index contributed by atoms with van der Waals surface area (Å²) in [6.07, 6.45) is -11.8. The molecule has 0 spiro atoms. The van der Waals surface area contributed by atoms with E-state index < -0.39 is 104 Å². The van der Waals surface area contributed by atoms with Gasteiger partial charge in [0.05, 0.1) is 5.69 Å². The quantitative estimate of drug-likeness (QED) is 0.165. The van der Waals surface area contributed by atoms with E-state index in [2.05, 4.69) is 0 Å². The van der Waals surface area contributed by atoms with Crippen LogP contribution in [0.25, 0.3) is 5.69 Å². The van der Waals surface area contributed by atoms with Gasteiger partial charge in [0.2, 0.25) is 0 Å². The van der Waals surface area contributed by atoms with Crippen LogP contribution in [0, 0.1) is 11.7 Å². The molecule has 0 saturated carbocycles. The molecule has 1 aromatic carbocycles. The molecule has 3 rings (SSSR count). The first-order valence-electron chi connectivity index (χ1n) is 16.2. The first-order valence-corrected chi connectivity index (χ1v) is 16.6.